The molecule has 0 aliphatic heterocycles. The summed E-state index contributed by atoms with van der Waals surface area (Å²) in [4.78, 5) is 19.7. The topological polar surface area (TPSA) is 61.3 Å². The van der Waals surface area contributed by atoms with Gasteiger partial charge in [0.25, 0.3) is 0 Å². The Hall–Kier alpha value is -2.40. The van der Waals surface area contributed by atoms with Crippen LogP contribution in [0.15, 0.2) is 36.9 Å². The average Bonchev–Trinajstić information content (AvgIpc) is 2.52. The Morgan fingerprint density at radius 1 is 1.14 bits per heavy atom. The monoisotopic (exact) mass is 306 g/mol. The van der Waals surface area contributed by atoms with Gasteiger partial charge in [0.15, 0.2) is 0 Å². The van der Waals surface area contributed by atoms with Gasteiger partial charge in [0.2, 0.25) is 0 Å². The lowest BCUT2D eigenvalue weighted by atomic mass is 10.1. The van der Waals surface area contributed by atoms with E-state index in [1.165, 1.54) is 20.5 Å². The summed E-state index contributed by atoms with van der Waals surface area (Å²) < 4.78 is 10.00. The van der Waals surface area contributed by atoms with E-state index >= 15 is 0 Å². The van der Waals surface area contributed by atoms with Gasteiger partial charge in [-0.15, -0.1) is 12.4 Å². The minimum Gasteiger partial charge on any atom is -0.496 e. The molecule has 0 unspecified atom stereocenters. The first-order chi connectivity index (χ1) is 9.76. The highest BCUT2D eigenvalue weighted by atomic mass is 35.5. The van der Waals surface area contributed by atoms with Crippen molar-refractivity contribution >= 4 is 30.5 Å². The standard InChI is InChI=1S/C15H14N2O3.ClH/c1-19-13-5-3-4-12(14(13)15(18)20-2)7-6-11-8-16-10-17-9-11;/h3-10H,1-2H3;1H. The van der Waals surface area contributed by atoms with E-state index in [1.807, 2.05) is 18.2 Å². The second-order valence-corrected chi connectivity index (χ2v) is 3.92. The molecule has 0 saturated heterocycles. The summed E-state index contributed by atoms with van der Waals surface area (Å²) in [6.45, 7) is 0. The van der Waals surface area contributed by atoms with E-state index in [0.717, 1.165) is 5.56 Å². The largest absolute Gasteiger partial charge is 0.496 e. The third-order valence-electron chi connectivity index (χ3n) is 2.70. The predicted molar refractivity (Wildman–Crippen MR) is 82.5 cm³/mol. The normalized spacial score (nSPS) is 10.0. The fourth-order valence-corrected chi connectivity index (χ4v) is 1.76. The van der Waals surface area contributed by atoms with E-state index < -0.39 is 5.97 Å². The number of methoxy groups -OCH3 is 2. The van der Waals surface area contributed by atoms with Gasteiger partial charge in [-0.1, -0.05) is 24.3 Å². The van der Waals surface area contributed by atoms with Gasteiger partial charge in [-0.3, -0.25) is 0 Å². The first-order valence-corrected chi connectivity index (χ1v) is 5.94. The van der Waals surface area contributed by atoms with Crippen molar-refractivity contribution in [2.45, 2.75) is 0 Å². The van der Waals surface area contributed by atoms with Crippen LogP contribution in [0, 0.1) is 0 Å². The van der Waals surface area contributed by atoms with Crippen LogP contribution < -0.4 is 4.74 Å². The summed E-state index contributed by atoms with van der Waals surface area (Å²) in [6.07, 6.45) is 8.44. The lowest BCUT2D eigenvalue weighted by molar-refractivity contribution is 0.0597. The fourth-order valence-electron chi connectivity index (χ4n) is 1.76. The molecule has 6 heteroatoms. The number of ether oxygens (including phenoxy) is 2. The lowest BCUT2D eigenvalue weighted by Crippen LogP contribution is -2.06. The third kappa shape index (κ3) is 4.03. The molecule has 0 radical (unpaired) electrons. The molecule has 1 aromatic carbocycles. The predicted octanol–water partition coefficient (Wildman–Crippen LogP) is 2.86. The quantitative estimate of drug-likeness (QED) is 0.813. The van der Waals surface area contributed by atoms with Gasteiger partial charge in [-0.05, 0) is 11.6 Å². The number of carbonyl (C=O) groups excluding carboxylic acids is 1. The second-order valence-electron chi connectivity index (χ2n) is 3.92. The second kappa shape index (κ2) is 8.01. The molecule has 1 aromatic heterocycles. The van der Waals surface area contributed by atoms with Crippen molar-refractivity contribution in [1.82, 2.24) is 9.97 Å². The van der Waals surface area contributed by atoms with Gasteiger partial charge < -0.3 is 9.47 Å². The van der Waals surface area contributed by atoms with Gasteiger partial charge in [0.05, 0.1) is 14.2 Å². The molecule has 0 amide bonds. The molecule has 2 aromatic rings. The van der Waals surface area contributed by atoms with Crippen LogP contribution in [-0.4, -0.2) is 30.2 Å². The zero-order valence-corrected chi connectivity index (χ0v) is 12.5. The Morgan fingerprint density at radius 3 is 2.48 bits per heavy atom. The van der Waals surface area contributed by atoms with Crippen LogP contribution >= 0.6 is 12.4 Å². The highest BCUT2D eigenvalue weighted by Crippen LogP contribution is 2.24. The molecule has 0 bridgehead atoms. The molecule has 0 spiro atoms. The number of hydrogen-bond acceptors (Lipinski definition) is 5. The number of nitrogens with zero attached hydrogens (tertiary/aromatic N) is 2. The summed E-state index contributed by atoms with van der Waals surface area (Å²) in [5.41, 5.74) is 1.94. The molecular weight excluding hydrogens is 292 g/mol. The van der Waals surface area contributed by atoms with Crippen molar-refractivity contribution in [2.75, 3.05) is 14.2 Å². The maximum atomic E-state index is 11.9. The molecule has 1 heterocycles. The molecule has 0 atom stereocenters. The summed E-state index contributed by atoms with van der Waals surface area (Å²) in [5, 5.41) is 0. The molecule has 0 aliphatic rings. The Kier molecular flexibility index (Phi) is 6.36. The van der Waals surface area contributed by atoms with Gasteiger partial charge in [-0.2, -0.15) is 0 Å². The van der Waals surface area contributed by atoms with Crippen molar-refractivity contribution in [1.29, 1.82) is 0 Å². The first-order valence-electron chi connectivity index (χ1n) is 5.94. The minimum atomic E-state index is -0.439. The smallest absolute Gasteiger partial charge is 0.342 e. The van der Waals surface area contributed by atoms with E-state index in [0.29, 0.717) is 16.9 Å². The van der Waals surface area contributed by atoms with Crippen LogP contribution in [0.5, 0.6) is 5.75 Å². The van der Waals surface area contributed by atoms with Crippen molar-refractivity contribution in [3.8, 4) is 5.75 Å². The Balaban J connectivity index is 0.00000220. The van der Waals surface area contributed by atoms with E-state index in [9.17, 15) is 4.79 Å². The minimum absolute atomic E-state index is 0. The number of rotatable bonds is 4. The highest BCUT2D eigenvalue weighted by Gasteiger charge is 2.16. The van der Waals surface area contributed by atoms with E-state index in [2.05, 4.69) is 9.97 Å². The summed E-state index contributed by atoms with van der Waals surface area (Å²) in [5.74, 6) is 0.0368. The van der Waals surface area contributed by atoms with Crippen molar-refractivity contribution in [3.05, 3.63) is 53.6 Å². The van der Waals surface area contributed by atoms with Crippen LogP contribution in [0.1, 0.15) is 21.5 Å². The van der Waals surface area contributed by atoms with Crippen molar-refractivity contribution in [2.24, 2.45) is 0 Å². The molecule has 21 heavy (non-hydrogen) atoms. The highest BCUT2D eigenvalue weighted by molar-refractivity contribution is 5.97. The van der Waals surface area contributed by atoms with Crippen molar-refractivity contribution < 1.29 is 14.3 Å². The summed E-state index contributed by atoms with van der Waals surface area (Å²) in [7, 11) is 2.85. The number of benzene rings is 1. The molecule has 0 N–H and O–H groups in total. The third-order valence-corrected chi connectivity index (χ3v) is 2.70. The lowest BCUT2D eigenvalue weighted by Gasteiger charge is -2.09. The number of esters is 1. The molecule has 0 saturated carbocycles. The molecular formula is C15H15ClN2O3. The Labute approximate surface area is 129 Å². The maximum absolute atomic E-state index is 11.9. The number of halogens is 1. The van der Waals surface area contributed by atoms with Crippen LogP contribution in [0.3, 0.4) is 0 Å². The van der Waals surface area contributed by atoms with Gasteiger partial charge in [0, 0.05) is 18.0 Å². The Morgan fingerprint density at radius 2 is 1.86 bits per heavy atom. The fraction of sp³-hybridized carbons (Fsp3) is 0.133. The zero-order valence-electron chi connectivity index (χ0n) is 11.6. The zero-order chi connectivity index (χ0) is 14.4. The van der Waals surface area contributed by atoms with Crippen LogP contribution in [0.25, 0.3) is 12.2 Å². The van der Waals surface area contributed by atoms with E-state index in [-0.39, 0.29) is 12.4 Å². The number of hydrogen-bond donors (Lipinski definition) is 0. The van der Waals surface area contributed by atoms with Crippen LogP contribution in [0.4, 0.5) is 0 Å². The van der Waals surface area contributed by atoms with Crippen LogP contribution in [0.2, 0.25) is 0 Å². The average molecular weight is 307 g/mol. The van der Waals surface area contributed by atoms with E-state index in [4.69, 9.17) is 9.47 Å². The van der Waals surface area contributed by atoms with Gasteiger partial charge in [-0.25, -0.2) is 14.8 Å². The SMILES string of the molecule is COC(=O)c1c(C=Cc2cncnc2)cccc1OC.Cl. The van der Waals surface area contributed by atoms with Crippen molar-refractivity contribution in [3.63, 3.8) is 0 Å². The van der Waals surface area contributed by atoms with E-state index in [1.54, 1.807) is 24.5 Å². The van der Waals surface area contributed by atoms with Gasteiger partial charge in [0.1, 0.15) is 17.6 Å². The molecule has 5 nitrogen and oxygen atoms in total. The first kappa shape index (κ1) is 16.7. The summed E-state index contributed by atoms with van der Waals surface area (Å²) in [6, 6.07) is 5.34. The van der Waals surface area contributed by atoms with Crippen LogP contribution in [-0.2, 0) is 4.74 Å². The van der Waals surface area contributed by atoms with Gasteiger partial charge >= 0.3 is 5.97 Å². The number of aromatic nitrogens is 2. The Bertz CT molecular complexity index is 630. The molecule has 110 valence electrons. The maximum Gasteiger partial charge on any atom is 0.342 e. The molecule has 0 aliphatic carbocycles. The number of carbonyl (C=O) groups is 1. The summed E-state index contributed by atoms with van der Waals surface area (Å²) >= 11 is 0. The molecule has 0 fully saturated rings. The molecule has 2 rings (SSSR count).